The molecule has 0 bridgehead atoms. The number of hydrogen-bond donors (Lipinski definition) is 2. The number of allylic oxidation sites excluding steroid dienone is 2. The Morgan fingerprint density at radius 1 is 0.952 bits per heavy atom. The SMILES string of the molecule is C=CCn1ccnc1.C=CCn1ccnc1.O=S(=O)(O)O. The number of imidazole rings is 2. The fourth-order valence-electron chi connectivity index (χ4n) is 1.09. The van der Waals surface area contributed by atoms with Gasteiger partial charge in [0.15, 0.2) is 0 Å². The summed E-state index contributed by atoms with van der Waals surface area (Å²) >= 11 is 0. The first-order valence-corrected chi connectivity index (χ1v) is 7.09. The molecule has 0 aliphatic rings. The minimum atomic E-state index is -4.67. The van der Waals surface area contributed by atoms with Crippen molar-refractivity contribution in [2.45, 2.75) is 13.1 Å². The highest BCUT2D eigenvalue weighted by Crippen LogP contribution is 1.84. The highest BCUT2D eigenvalue weighted by molar-refractivity contribution is 7.79. The first kappa shape index (κ1) is 18.8. The molecule has 0 aliphatic heterocycles. The van der Waals surface area contributed by atoms with E-state index in [1.54, 1.807) is 25.0 Å². The van der Waals surface area contributed by atoms with Gasteiger partial charge >= 0.3 is 10.4 Å². The summed E-state index contributed by atoms with van der Waals surface area (Å²) in [7, 11) is -4.67. The van der Waals surface area contributed by atoms with Crippen LogP contribution < -0.4 is 0 Å². The van der Waals surface area contributed by atoms with E-state index in [-0.39, 0.29) is 0 Å². The van der Waals surface area contributed by atoms with Gasteiger partial charge in [-0.3, -0.25) is 9.11 Å². The van der Waals surface area contributed by atoms with Crippen LogP contribution in [0.2, 0.25) is 0 Å². The summed E-state index contributed by atoms with van der Waals surface area (Å²) in [6.07, 6.45) is 14.5. The van der Waals surface area contributed by atoms with Crippen molar-refractivity contribution >= 4 is 10.4 Å². The maximum absolute atomic E-state index is 8.74. The van der Waals surface area contributed by atoms with Crippen LogP contribution in [0.3, 0.4) is 0 Å². The molecule has 2 heterocycles. The summed E-state index contributed by atoms with van der Waals surface area (Å²) in [6.45, 7) is 8.87. The van der Waals surface area contributed by atoms with Crippen molar-refractivity contribution in [2.24, 2.45) is 0 Å². The lowest BCUT2D eigenvalue weighted by atomic mass is 10.6. The van der Waals surface area contributed by atoms with Crippen molar-refractivity contribution < 1.29 is 17.5 Å². The topological polar surface area (TPSA) is 110 Å². The maximum atomic E-state index is 8.74. The van der Waals surface area contributed by atoms with E-state index in [4.69, 9.17) is 17.5 Å². The Balaban J connectivity index is 0.000000296. The molecule has 0 aromatic carbocycles. The van der Waals surface area contributed by atoms with E-state index in [2.05, 4.69) is 23.1 Å². The van der Waals surface area contributed by atoms with E-state index in [9.17, 15) is 0 Å². The predicted molar refractivity (Wildman–Crippen MR) is 79.0 cm³/mol. The normalized spacial score (nSPS) is 9.62. The molecule has 0 unspecified atom stereocenters. The van der Waals surface area contributed by atoms with Crippen molar-refractivity contribution in [3.8, 4) is 0 Å². The van der Waals surface area contributed by atoms with Crippen molar-refractivity contribution in [3.05, 3.63) is 62.8 Å². The standard InChI is InChI=1S/2C6H8N2.H2O4S/c2*1-2-4-8-5-3-7-6-8;1-5(2,3)4/h2*2-3,5-6H,1,4H2;(H2,1,2,3,4). The first-order valence-electron chi connectivity index (χ1n) is 5.70. The number of nitrogens with zero attached hydrogens (tertiary/aromatic N) is 4. The highest BCUT2D eigenvalue weighted by Gasteiger charge is 1.84. The molecule has 0 spiro atoms. The molecule has 0 amide bonds. The van der Waals surface area contributed by atoms with E-state index in [1.807, 2.05) is 33.7 Å². The summed E-state index contributed by atoms with van der Waals surface area (Å²) in [6, 6.07) is 0. The van der Waals surface area contributed by atoms with Crippen LogP contribution in [0.4, 0.5) is 0 Å². The van der Waals surface area contributed by atoms with E-state index in [0.29, 0.717) is 0 Å². The van der Waals surface area contributed by atoms with E-state index in [0.717, 1.165) is 13.1 Å². The average molecular weight is 314 g/mol. The Hall–Kier alpha value is -2.23. The lowest BCUT2D eigenvalue weighted by molar-refractivity contribution is 0.381. The summed E-state index contributed by atoms with van der Waals surface area (Å²) in [5.74, 6) is 0. The van der Waals surface area contributed by atoms with Gasteiger partial charge < -0.3 is 9.13 Å². The fourth-order valence-corrected chi connectivity index (χ4v) is 1.09. The van der Waals surface area contributed by atoms with Crippen LogP contribution in [0.1, 0.15) is 0 Å². The molecule has 8 nitrogen and oxygen atoms in total. The Labute approximate surface area is 123 Å². The molecule has 2 aromatic heterocycles. The molecule has 0 aliphatic carbocycles. The molecule has 2 aromatic rings. The molecule has 116 valence electrons. The van der Waals surface area contributed by atoms with Crippen molar-refractivity contribution in [1.29, 1.82) is 0 Å². The van der Waals surface area contributed by atoms with E-state index < -0.39 is 10.4 Å². The monoisotopic (exact) mass is 314 g/mol. The van der Waals surface area contributed by atoms with Gasteiger partial charge in [0.25, 0.3) is 0 Å². The molecule has 9 heteroatoms. The molecule has 0 radical (unpaired) electrons. The second-order valence-electron chi connectivity index (χ2n) is 3.54. The number of rotatable bonds is 4. The lowest BCUT2D eigenvalue weighted by Gasteiger charge is -1.89. The summed E-state index contributed by atoms with van der Waals surface area (Å²) in [5.41, 5.74) is 0. The van der Waals surface area contributed by atoms with Crippen molar-refractivity contribution in [1.82, 2.24) is 19.1 Å². The molecule has 0 atom stereocenters. The van der Waals surface area contributed by atoms with Crippen LogP contribution in [0, 0.1) is 0 Å². The minimum absolute atomic E-state index is 0.847. The van der Waals surface area contributed by atoms with Crippen LogP contribution in [0.15, 0.2) is 62.8 Å². The molecule has 21 heavy (non-hydrogen) atoms. The van der Waals surface area contributed by atoms with Gasteiger partial charge in [0.05, 0.1) is 12.7 Å². The third-order valence-electron chi connectivity index (χ3n) is 1.80. The van der Waals surface area contributed by atoms with Gasteiger partial charge in [-0.2, -0.15) is 8.42 Å². The third kappa shape index (κ3) is 14.0. The zero-order valence-corrected chi connectivity index (χ0v) is 12.2. The molecule has 2 rings (SSSR count). The van der Waals surface area contributed by atoms with Crippen LogP contribution in [0.5, 0.6) is 0 Å². The molecular weight excluding hydrogens is 296 g/mol. The second-order valence-corrected chi connectivity index (χ2v) is 4.44. The molecular formula is C12H18N4O4S. The van der Waals surface area contributed by atoms with Gasteiger partial charge in [0, 0.05) is 37.9 Å². The van der Waals surface area contributed by atoms with Gasteiger partial charge in [-0.15, -0.1) is 13.2 Å². The van der Waals surface area contributed by atoms with Crippen LogP contribution in [-0.2, 0) is 23.5 Å². The molecule has 0 saturated carbocycles. The van der Waals surface area contributed by atoms with E-state index >= 15 is 0 Å². The fraction of sp³-hybridized carbons (Fsp3) is 0.167. The third-order valence-corrected chi connectivity index (χ3v) is 1.80. The van der Waals surface area contributed by atoms with Crippen LogP contribution in [0.25, 0.3) is 0 Å². The smallest absolute Gasteiger partial charge is 0.334 e. The van der Waals surface area contributed by atoms with Gasteiger partial charge in [0.2, 0.25) is 0 Å². The predicted octanol–water partition coefficient (Wildman–Crippen LogP) is 1.49. The molecule has 0 fully saturated rings. The largest absolute Gasteiger partial charge is 0.394 e. The second kappa shape index (κ2) is 10.5. The van der Waals surface area contributed by atoms with Gasteiger partial charge in [-0.05, 0) is 0 Å². The summed E-state index contributed by atoms with van der Waals surface area (Å²) < 4.78 is 35.5. The van der Waals surface area contributed by atoms with Crippen LogP contribution in [-0.4, -0.2) is 36.6 Å². The molecule has 0 saturated heterocycles. The Morgan fingerprint density at radius 3 is 1.48 bits per heavy atom. The van der Waals surface area contributed by atoms with Gasteiger partial charge in [-0.25, -0.2) is 9.97 Å². The summed E-state index contributed by atoms with van der Waals surface area (Å²) in [4.78, 5) is 7.71. The Bertz CT molecular complexity index is 543. The lowest BCUT2D eigenvalue weighted by Crippen LogP contribution is -1.89. The first-order chi connectivity index (χ1) is 9.86. The Kier molecular flexibility index (Phi) is 9.43. The average Bonchev–Trinajstić information content (AvgIpc) is 3.01. The van der Waals surface area contributed by atoms with E-state index in [1.165, 1.54) is 0 Å². The Morgan fingerprint density at radius 2 is 1.29 bits per heavy atom. The maximum Gasteiger partial charge on any atom is 0.394 e. The van der Waals surface area contributed by atoms with Crippen LogP contribution >= 0.6 is 0 Å². The van der Waals surface area contributed by atoms with Crippen molar-refractivity contribution in [2.75, 3.05) is 0 Å². The highest BCUT2D eigenvalue weighted by atomic mass is 32.3. The minimum Gasteiger partial charge on any atom is -0.334 e. The quantitative estimate of drug-likeness (QED) is 0.653. The zero-order chi connectivity index (χ0) is 16.1. The van der Waals surface area contributed by atoms with Gasteiger partial charge in [-0.1, -0.05) is 12.2 Å². The van der Waals surface area contributed by atoms with Crippen molar-refractivity contribution in [3.63, 3.8) is 0 Å². The zero-order valence-electron chi connectivity index (χ0n) is 11.4. The number of aromatic nitrogens is 4. The number of hydrogen-bond acceptors (Lipinski definition) is 4. The summed E-state index contributed by atoms with van der Waals surface area (Å²) in [5, 5.41) is 0. The van der Waals surface area contributed by atoms with Gasteiger partial charge in [0.1, 0.15) is 0 Å². The molecule has 2 N–H and O–H groups in total.